The molecule has 0 saturated carbocycles. The molecule has 2 nitrogen and oxygen atoms in total. The summed E-state index contributed by atoms with van der Waals surface area (Å²) in [6.07, 6.45) is 0. The van der Waals surface area contributed by atoms with E-state index in [1.165, 1.54) is 0 Å². The van der Waals surface area contributed by atoms with E-state index in [1.54, 1.807) is 12.1 Å². The molecule has 1 aliphatic heterocycles. The Morgan fingerprint density at radius 2 is 1.95 bits per heavy atom. The second kappa shape index (κ2) is 6.31. The SMILES string of the molecule is CC(C)C1CN(c2ccc(Cl)c(F)c2)C(C(C)C)CN1. The number of anilines is 1. The van der Waals surface area contributed by atoms with Gasteiger partial charge in [-0.25, -0.2) is 4.39 Å². The highest BCUT2D eigenvalue weighted by molar-refractivity contribution is 6.30. The van der Waals surface area contributed by atoms with Gasteiger partial charge in [0.15, 0.2) is 0 Å². The van der Waals surface area contributed by atoms with Gasteiger partial charge in [-0.1, -0.05) is 39.3 Å². The van der Waals surface area contributed by atoms with Crippen molar-refractivity contribution in [2.24, 2.45) is 11.8 Å². The minimum Gasteiger partial charge on any atom is -0.365 e. The van der Waals surface area contributed by atoms with Crippen molar-refractivity contribution in [3.63, 3.8) is 0 Å². The predicted molar refractivity (Wildman–Crippen MR) is 84.0 cm³/mol. The summed E-state index contributed by atoms with van der Waals surface area (Å²) in [4.78, 5) is 2.32. The number of nitrogens with one attached hydrogen (secondary N) is 1. The van der Waals surface area contributed by atoms with Crippen LogP contribution in [-0.4, -0.2) is 25.2 Å². The molecule has 0 aliphatic carbocycles. The lowest BCUT2D eigenvalue weighted by molar-refractivity contribution is 0.295. The fraction of sp³-hybridized carbons (Fsp3) is 0.625. The fourth-order valence-electron chi connectivity index (χ4n) is 2.80. The lowest BCUT2D eigenvalue weighted by Gasteiger charge is -2.45. The number of benzene rings is 1. The van der Waals surface area contributed by atoms with Crippen LogP contribution >= 0.6 is 11.6 Å². The first-order chi connectivity index (χ1) is 9.40. The Bertz CT molecular complexity index is 462. The van der Waals surface area contributed by atoms with Crippen molar-refractivity contribution in [2.75, 3.05) is 18.0 Å². The van der Waals surface area contributed by atoms with Crippen LogP contribution < -0.4 is 10.2 Å². The van der Waals surface area contributed by atoms with Gasteiger partial charge in [-0.15, -0.1) is 0 Å². The van der Waals surface area contributed by atoms with E-state index < -0.39 is 0 Å². The Morgan fingerprint density at radius 3 is 2.50 bits per heavy atom. The van der Waals surface area contributed by atoms with E-state index in [4.69, 9.17) is 11.6 Å². The maximum atomic E-state index is 13.7. The quantitative estimate of drug-likeness (QED) is 0.909. The fourth-order valence-corrected chi connectivity index (χ4v) is 2.91. The summed E-state index contributed by atoms with van der Waals surface area (Å²) in [5, 5.41) is 3.80. The van der Waals surface area contributed by atoms with Crippen molar-refractivity contribution >= 4 is 17.3 Å². The third-order valence-electron chi connectivity index (χ3n) is 4.19. The van der Waals surface area contributed by atoms with E-state index in [-0.39, 0.29) is 10.8 Å². The number of halogens is 2. The summed E-state index contributed by atoms with van der Waals surface area (Å²) >= 11 is 5.79. The zero-order chi connectivity index (χ0) is 14.9. The molecule has 2 atom stereocenters. The van der Waals surface area contributed by atoms with Crippen LogP contribution in [0.3, 0.4) is 0 Å². The number of rotatable bonds is 3. The number of nitrogens with zero attached hydrogens (tertiary/aromatic N) is 1. The van der Waals surface area contributed by atoms with Crippen molar-refractivity contribution in [3.8, 4) is 0 Å². The van der Waals surface area contributed by atoms with Gasteiger partial charge in [0.1, 0.15) is 5.82 Å². The molecule has 1 heterocycles. The van der Waals surface area contributed by atoms with Crippen LogP contribution in [0.15, 0.2) is 18.2 Å². The third kappa shape index (κ3) is 3.26. The molecule has 1 fully saturated rings. The minimum atomic E-state index is -0.341. The average molecular weight is 299 g/mol. The topological polar surface area (TPSA) is 15.3 Å². The molecule has 0 aromatic heterocycles. The van der Waals surface area contributed by atoms with E-state index in [0.29, 0.717) is 23.9 Å². The Hall–Kier alpha value is -0.800. The van der Waals surface area contributed by atoms with Gasteiger partial charge in [-0.2, -0.15) is 0 Å². The third-order valence-corrected chi connectivity index (χ3v) is 4.50. The maximum absolute atomic E-state index is 13.7. The molecule has 1 N–H and O–H groups in total. The molecule has 2 rings (SSSR count). The second-order valence-electron chi connectivity index (χ2n) is 6.32. The zero-order valence-corrected chi connectivity index (χ0v) is 13.4. The standard InChI is InChI=1S/C16H24ClFN2/c1-10(2)15-9-20(16(8-19-15)11(3)4)12-5-6-13(17)14(18)7-12/h5-7,10-11,15-16,19H,8-9H2,1-4H3. The molecule has 0 amide bonds. The number of hydrogen-bond donors (Lipinski definition) is 1. The molecule has 1 aromatic rings. The van der Waals surface area contributed by atoms with Gasteiger partial charge < -0.3 is 10.2 Å². The first-order valence-electron chi connectivity index (χ1n) is 7.35. The molecule has 0 bridgehead atoms. The maximum Gasteiger partial charge on any atom is 0.143 e. The molecular formula is C16H24ClFN2. The van der Waals surface area contributed by atoms with Crippen LogP contribution in [0.2, 0.25) is 5.02 Å². The molecule has 0 spiro atoms. The van der Waals surface area contributed by atoms with Gasteiger partial charge >= 0.3 is 0 Å². The molecule has 0 radical (unpaired) electrons. The molecule has 112 valence electrons. The van der Waals surface area contributed by atoms with Crippen molar-refractivity contribution in [1.82, 2.24) is 5.32 Å². The van der Waals surface area contributed by atoms with Crippen molar-refractivity contribution < 1.29 is 4.39 Å². The highest BCUT2D eigenvalue weighted by Gasteiger charge is 2.31. The van der Waals surface area contributed by atoms with E-state index in [0.717, 1.165) is 18.8 Å². The molecule has 1 saturated heterocycles. The van der Waals surface area contributed by atoms with E-state index in [9.17, 15) is 4.39 Å². The van der Waals surface area contributed by atoms with Gasteiger partial charge in [0, 0.05) is 30.9 Å². The minimum absolute atomic E-state index is 0.186. The normalized spacial score (nSPS) is 23.7. The number of hydrogen-bond acceptors (Lipinski definition) is 2. The van der Waals surface area contributed by atoms with E-state index in [2.05, 4.69) is 37.9 Å². The van der Waals surface area contributed by atoms with Crippen LogP contribution in [0.1, 0.15) is 27.7 Å². The van der Waals surface area contributed by atoms with Crippen LogP contribution in [0.4, 0.5) is 10.1 Å². The predicted octanol–water partition coefficient (Wildman–Crippen LogP) is 3.94. The van der Waals surface area contributed by atoms with Crippen LogP contribution in [-0.2, 0) is 0 Å². The summed E-state index contributed by atoms with van der Waals surface area (Å²) < 4.78 is 13.7. The van der Waals surface area contributed by atoms with E-state index in [1.807, 2.05) is 6.07 Å². The Labute approximate surface area is 126 Å². The first-order valence-corrected chi connectivity index (χ1v) is 7.73. The summed E-state index contributed by atoms with van der Waals surface area (Å²) in [6, 6.07) is 5.94. The Kier molecular flexibility index (Phi) is 4.92. The number of piperazine rings is 1. The highest BCUT2D eigenvalue weighted by Crippen LogP contribution is 2.28. The van der Waals surface area contributed by atoms with Gasteiger partial charge in [-0.3, -0.25) is 0 Å². The average Bonchev–Trinajstić information content (AvgIpc) is 2.41. The van der Waals surface area contributed by atoms with Gasteiger partial charge in [0.05, 0.1) is 5.02 Å². The Morgan fingerprint density at radius 1 is 1.25 bits per heavy atom. The van der Waals surface area contributed by atoms with Crippen LogP contribution in [0, 0.1) is 17.7 Å². The molecule has 2 unspecified atom stereocenters. The summed E-state index contributed by atoms with van der Waals surface area (Å²) in [5.41, 5.74) is 0.928. The highest BCUT2D eigenvalue weighted by atomic mass is 35.5. The largest absolute Gasteiger partial charge is 0.365 e. The van der Waals surface area contributed by atoms with Gasteiger partial charge in [0.2, 0.25) is 0 Å². The zero-order valence-electron chi connectivity index (χ0n) is 12.7. The summed E-state index contributed by atoms with van der Waals surface area (Å²) in [6.45, 7) is 10.7. The van der Waals surface area contributed by atoms with Gasteiger partial charge in [0.25, 0.3) is 0 Å². The lowest BCUT2D eigenvalue weighted by atomic mass is 9.93. The van der Waals surface area contributed by atoms with Gasteiger partial charge in [-0.05, 0) is 30.0 Å². The second-order valence-corrected chi connectivity index (χ2v) is 6.73. The van der Waals surface area contributed by atoms with Crippen molar-refractivity contribution in [3.05, 3.63) is 29.0 Å². The summed E-state index contributed by atoms with van der Waals surface area (Å²) in [5.74, 6) is 0.725. The monoisotopic (exact) mass is 298 g/mol. The molecule has 20 heavy (non-hydrogen) atoms. The molecule has 4 heteroatoms. The Balaban J connectivity index is 2.28. The first kappa shape index (κ1) is 15.6. The summed E-state index contributed by atoms with van der Waals surface area (Å²) in [7, 11) is 0. The smallest absolute Gasteiger partial charge is 0.143 e. The molecule has 1 aliphatic rings. The molecule has 1 aromatic carbocycles. The van der Waals surface area contributed by atoms with Crippen molar-refractivity contribution in [1.29, 1.82) is 0 Å². The lowest BCUT2D eigenvalue weighted by Crippen LogP contribution is -2.60. The van der Waals surface area contributed by atoms with E-state index >= 15 is 0 Å². The van der Waals surface area contributed by atoms with Crippen LogP contribution in [0.5, 0.6) is 0 Å². The molecular weight excluding hydrogens is 275 g/mol. The van der Waals surface area contributed by atoms with Crippen LogP contribution in [0.25, 0.3) is 0 Å². The van der Waals surface area contributed by atoms with Crippen molar-refractivity contribution in [2.45, 2.75) is 39.8 Å².